The summed E-state index contributed by atoms with van der Waals surface area (Å²) in [5, 5.41) is 15.3. The minimum absolute atomic E-state index is 0.188. The minimum atomic E-state index is -0.378. The zero-order valence-electron chi connectivity index (χ0n) is 13.7. The molecule has 132 valence electrons. The predicted octanol–water partition coefficient (Wildman–Crippen LogP) is 0.194. The second-order valence-corrected chi connectivity index (χ2v) is 5.85. The third kappa shape index (κ3) is 3.11. The van der Waals surface area contributed by atoms with Gasteiger partial charge in [0.05, 0.1) is 31.1 Å². The Hall–Kier alpha value is -3.33. The molecule has 1 fully saturated rings. The fraction of sp³-hybridized carbons (Fsp3) is 0.235. The number of ether oxygens (including phenoxy) is 1. The molecule has 3 heterocycles. The van der Waals surface area contributed by atoms with Crippen LogP contribution in [0.25, 0.3) is 5.69 Å². The SMILES string of the molecule is O=C(NC1COCC1n1ncccc1=O)c1cnn(-c2ccccc2)n1. The van der Waals surface area contributed by atoms with Crippen LogP contribution in [0.1, 0.15) is 16.5 Å². The summed E-state index contributed by atoms with van der Waals surface area (Å²) in [7, 11) is 0. The molecule has 1 aromatic carbocycles. The molecule has 1 saturated heterocycles. The summed E-state index contributed by atoms with van der Waals surface area (Å²) >= 11 is 0. The Balaban J connectivity index is 1.50. The number of rotatable bonds is 4. The van der Waals surface area contributed by atoms with E-state index in [0.717, 1.165) is 5.69 Å². The highest BCUT2D eigenvalue weighted by Crippen LogP contribution is 2.17. The normalized spacial score (nSPS) is 19.4. The van der Waals surface area contributed by atoms with E-state index in [4.69, 9.17) is 4.74 Å². The lowest BCUT2D eigenvalue weighted by Crippen LogP contribution is -2.44. The first kappa shape index (κ1) is 16.2. The number of carbonyl (C=O) groups excluding carboxylic acids is 1. The number of aromatic nitrogens is 5. The number of carbonyl (C=O) groups is 1. The number of amides is 1. The minimum Gasteiger partial charge on any atom is -0.377 e. The van der Waals surface area contributed by atoms with E-state index in [-0.39, 0.29) is 29.2 Å². The highest BCUT2D eigenvalue weighted by Gasteiger charge is 2.33. The van der Waals surface area contributed by atoms with Gasteiger partial charge < -0.3 is 10.1 Å². The summed E-state index contributed by atoms with van der Waals surface area (Å²) in [4.78, 5) is 25.9. The Morgan fingerprint density at radius 2 is 1.96 bits per heavy atom. The van der Waals surface area contributed by atoms with Gasteiger partial charge in [0.15, 0.2) is 5.69 Å². The first-order valence-electron chi connectivity index (χ1n) is 8.12. The molecule has 4 rings (SSSR count). The van der Waals surface area contributed by atoms with Gasteiger partial charge >= 0.3 is 0 Å². The summed E-state index contributed by atoms with van der Waals surface area (Å²) in [5.41, 5.74) is 0.707. The van der Waals surface area contributed by atoms with Crippen molar-refractivity contribution in [2.75, 3.05) is 13.2 Å². The second-order valence-electron chi connectivity index (χ2n) is 5.85. The maximum atomic E-state index is 12.5. The molecule has 0 saturated carbocycles. The van der Waals surface area contributed by atoms with Crippen LogP contribution in [0.3, 0.4) is 0 Å². The maximum Gasteiger partial charge on any atom is 0.273 e. The van der Waals surface area contributed by atoms with Crippen molar-refractivity contribution in [2.45, 2.75) is 12.1 Å². The summed E-state index contributed by atoms with van der Waals surface area (Å²) < 4.78 is 6.77. The number of benzene rings is 1. The molecule has 1 aliphatic rings. The van der Waals surface area contributed by atoms with Crippen LogP contribution in [0.2, 0.25) is 0 Å². The molecule has 1 amide bonds. The van der Waals surface area contributed by atoms with Gasteiger partial charge in [0, 0.05) is 12.3 Å². The molecule has 1 aliphatic heterocycles. The van der Waals surface area contributed by atoms with E-state index < -0.39 is 0 Å². The number of nitrogens with zero attached hydrogens (tertiary/aromatic N) is 5. The van der Waals surface area contributed by atoms with Crippen LogP contribution in [0, 0.1) is 0 Å². The first-order valence-corrected chi connectivity index (χ1v) is 8.12. The lowest BCUT2D eigenvalue weighted by molar-refractivity contribution is 0.0919. The van der Waals surface area contributed by atoms with Gasteiger partial charge in [0.1, 0.15) is 6.04 Å². The smallest absolute Gasteiger partial charge is 0.273 e. The van der Waals surface area contributed by atoms with Crippen LogP contribution in [-0.4, -0.2) is 49.9 Å². The van der Waals surface area contributed by atoms with Gasteiger partial charge in [-0.05, 0) is 18.2 Å². The van der Waals surface area contributed by atoms with E-state index in [2.05, 4.69) is 20.6 Å². The predicted molar refractivity (Wildman–Crippen MR) is 91.0 cm³/mol. The Kier molecular flexibility index (Phi) is 4.28. The third-order valence-corrected chi connectivity index (χ3v) is 4.13. The highest BCUT2D eigenvalue weighted by molar-refractivity contribution is 5.92. The Bertz CT molecular complexity index is 968. The second kappa shape index (κ2) is 6.89. The zero-order valence-corrected chi connectivity index (χ0v) is 13.7. The van der Waals surface area contributed by atoms with Gasteiger partial charge in [0.2, 0.25) is 0 Å². The molecule has 9 heteroatoms. The molecule has 0 spiro atoms. The van der Waals surface area contributed by atoms with E-state index in [0.29, 0.717) is 13.2 Å². The monoisotopic (exact) mass is 352 g/mol. The Morgan fingerprint density at radius 1 is 1.12 bits per heavy atom. The van der Waals surface area contributed by atoms with Gasteiger partial charge in [-0.15, -0.1) is 5.10 Å². The molecule has 2 atom stereocenters. The number of hydrogen-bond donors (Lipinski definition) is 1. The summed E-state index contributed by atoms with van der Waals surface area (Å²) in [6, 6.07) is 11.6. The fourth-order valence-electron chi connectivity index (χ4n) is 2.84. The lowest BCUT2D eigenvalue weighted by atomic mass is 10.1. The van der Waals surface area contributed by atoms with E-state index in [1.165, 1.54) is 27.9 Å². The van der Waals surface area contributed by atoms with Crippen molar-refractivity contribution in [3.8, 4) is 5.69 Å². The Morgan fingerprint density at radius 3 is 2.77 bits per heavy atom. The zero-order chi connectivity index (χ0) is 17.9. The quantitative estimate of drug-likeness (QED) is 0.719. The molecule has 1 N–H and O–H groups in total. The topological polar surface area (TPSA) is 104 Å². The molecule has 2 unspecified atom stereocenters. The summed E-state index contributed by atoms with van der Waals surface area (Å²) in [6.07, 6.45) is 2.93. The lowest BCUT2D eigenvalue weighted by Gasteiger charge is -2.19. The molecular formula is C17H16N6O3. The number of para-hydroxylation sites is 1. The van der Waals surface area contributed by atoms with E-state index in [9.17, 15) is 9.59 Å². The van der Waals surface area contributed by atoms with Crippen molar-refractivity contribution < 1.29 is 9.53 Å². The van der Waals surface area contributed by atoms with Gasteiger partial charge in [-0.1, -0.05) is 18.2 Å². The molecule has 9 nitrogen and oxygen atoms in total. The van der Waals surface area contributed by atoms with Crippen molar-refractivity contribution in [1.82, 2.24) is 30.1 Å². The molecule has 0 bridgehead atoms. The summed E-state index contributed by atoms with van der Waals surface area (Å²) in [6.45, 7) is 0.602. The maximum absolute atomic E-state index is 12.5. The molecule has 0 aliphatic carbocycles. The highest BCUT2D eigenvalue weighted by atomic mass is 16.5. The number of nitrogens with one attached hydrogen (secondary N) is 1. The molecule has 2 aromatic heterocycles. The van der Waals surface area contributed by atoms with Crippen LogP contribution in [0.5, 0.6) is 0 Å². The van der Waals surface area contributed by atoms with Crippen molar-refractivity contribution in [3.05, 3.63) is 70.9 Å². The Labute approximate surface area is 148 Å². The van der Waals surface area contributed by atoms with E-state index in [1.54, 1.807) is 6.07 Å². The van der Waals surface area contributed by atoms with Crippen molar-refractivity contribution in [2.24, 2.45) is 0 Å². The molecule has 26 heavy (non-hydrogen) atoms. The number of hydrogen-bond acceptors (Lipinski definition) is 6. The first-order chi connectivity index (χ1) is 12.7. The van der Waals surface area contributed by atoms with Crippen LogP contribution in [0.4, 0.5) is 0 Å². The summed E-state index contributed by atoms with van der Waals surface area (Å²) in [5.74, 6) is -0.378. The average molecular weight is 352 g/mol. The molecule has 3 aromatic rings. The van der Waals surface area contributed by atoms with Gasteiger partial charge in [0.25, 0.3) is 11.5 Å². The van der Waals surface area contributed by atoms with Gasteiger partial charge in [-0.25, -0.2) is 4.68 Å². The van der Waals surface area contributed by atoms with Crippen LogP contribution in [-0.2, 0) is 4.74 Å². The largest absolute Gasteiger partial charge is 0.377 e. The van der Waals surface area contributed by atoms with Crippen LogP contribution >= 0.6 is 0 Å². The third-order valence-electron chi connectivity index (χ3n) is 4.13. The van der Waals surface area contributed by atoms with Gasteiger partial charge in [-0.2, -0.15) is 15.0 Å². The fourth-order valence-corrected chi connectivity index (χ4v) is 2.84. The van der Waals surface area contributed by atoms with Crippen molar-refractivity contribution in [3.63, 3.8) is 0 Å². The van der Waals surface area contributed by atoms with E-state index >= 15 is 0 Å². The van der Waals surface area contributed by atoms with Crippen LogP contribution in [0.15, 0.2) is 59.7 Å². The van der Waals surface area contributed by atoms with Crippen molar-refractivity contribution in [1.29, 1.82) is 0 Å². The average Bonchev–Trinajstić information content (AvgIpc) is 3.33. The van der Waals surface area contributed by atoms with Gasteiger partial charge in [-0.3, -0.25) is 9.59 Å². The van der Waals surface area contributed by atoms with Crippen molar-refractivity contribution >= 4 is 5.91 Å². The van der Waals surface area contributed by atoms with E-state index in [1.807, 2.05) is 30.3 Å². The molecular weight excluding hydrogens is 336 g/mol. The standard InChI is InChI=1S/C17H16N6O3/c24-16-7-4-8-18-22(16)15-11-26-10-14(15)20-17(25)13-9-19-23(21-13)12-5-2-1-3-6-12/h1-9,14-15H,10-11H2,(H,20,25). The molecule has 0 radical (unpaired) electrons. The van der Waals surface area contributed by atoms with Crippen LogP contribution < -0.4 is 10.9 Å².